The number of carbonyl (C=O) groups is 2. The summed E-state index contributed by atoms with van der Waals surface area (Å²) >= 11 is 0. The number of benzene rings is 2. The summed E-state index contributed by atoms with van der Waals surface area (Å²) in [7, 11) is 4.78. The monoisotopic (exact) mass is 477 g/mol. The smallest absolute Gasteiger partial charge is 0.315 e. The lowest BCUT2D eigenvalue weighted by molar-refractivity contribution is -0.147. The lowest BCUT2D eigenvalue weighted by atomic mass is 9.69. The van der Waals surface area contributed by atoms with Crippen molar-refractivity contribution in [2.45, 2.75) is 31.6 Å². The third-order valence-electron chi connectivity index (χ3n) is 6.71. The molecule has 0 saturated heterocycles. The van der Waals surface area contributed by atoms with E-state index in [0.29, 0.717) is 36.5 Å². The van der Waals surface area contributed by atoms with E-state index in [2.05, 4.69) is 0 Å². The lowest BCUT2D eigenvalue weighted by Crippen LogP contribution is -2.38. The van der Waals surface area contributed by atoms with Gasteiger partial charge in [0.05, 0.1) is 20.8 Å². The molecule has 35 heavy (non-hydrogen) atoms. The van der Waals surface area contributed by atoms with E-state index in [1.807, 2.05) is 55.5 Å². The van der Waals surface area contributed by atoms with E-state index in [9.17, 15) is 9.59 Å². The van der Waals surface area contributed by atoms with E-state index in [0.717, 1.165) is 22.6 Å². The summed E-state index contributed by atoms with van der Waals surface area (Å²) in [5.41, 5.74) is 3.75. The number of nitrogens with zero attached hydrogens (tertiary/aromatic N) is 1. The second-order valence-electron chi connectivity index (χ2n) is 8.78. The highest BCUT2D eigenvalue weighted by Crippen LogP contribution is 2.48. The van der Waals surface area contributed by atoms with Gasteiger partial charge in [-0.25, -0.2) is 0 Å². The van der Waals surface area contributed by atoms with Gasteiger partial charge in [-0.1, -0.05) is 30.3 Å². The number of para-hydroxylation sites is 1. The van der Waals surface area contributed by atoms with Gasteiger partial charge in [-0.3, -0.25) is 14.6 Å². The molecule has 3 unspecified atom stereocenters. The number of ketones is 1. The van der Waals surface area contributed by atoms with Crippen molar-refractivity contribution < 1.29 is 28.5 Å². The van der Waals surface area contributed by atoms with Gasteiger partial charge in [0.2, 0.25) is 0 Å². The number of methoxy groups -OCH3 is 3. The standard InChI is InChI=1S/C28H31NO6/c1-17-25(28(31)35-13-12-32-2)26(18-8-7-9-20(14-18)33-3)27-22(29-17)15-19(16-23(27)30)21-10-5-6-11-24(21)34-4/h5-11,14,19,25-26H,12-13,15-16H2,1-4H3. The third kappa shape index (κ3) is 5.00. The first-order chi connectivity index (χ1) is 17.0. The Balaban J connectivity index is 1.77. The fourth-order valence-corrected chi connectivity index (χ4v) is 5.10. The van der Waals surface area contributed by atoms with Crippen molar-refractivity contribution >= 4 is 17.5 Å². The highest BCUT2D eigenvalue weighted by Gasteiger charge is 2.45. The molecule has 0 fully saturated rings. The van der Waals surface area contributed by atoms with Crippen molar-refractivity contribution in [2.75, 3.05) is 34.5 Å². The molecule has 0 aromatic heterocycles. The average Bonchev–Trinajstić information content (AvgIpc) is 2.87. The summed E-state index contributed by atoms with van der Waals surface area (Å²) in [6, 6.07) is 15.3. The summed E-state index contributed by atoms with van der Waals surface area (Å²) in [6.45, 7) is 2.27. The molecule has 0 amide bonds. The molecule has 1 aliphatic heterocycles. The molecule has 7 heteroatoms. The van der Waals surface area contributed by atoms with E-state index in [4.69, 9.17) is 23.9 Å². The molecular weight excluding hydrogens is 446 g/mol. The van der Waals surface area contributed by atoms with Crippen LogP contribution in [0.5, 0.6) is 11.5 Å². The van der Waals surface area contributed by atoms with Gasteiger partial charge in [0.1, 0.15) is 24.0 Å². The second-order valence-corrected chi connectivity index (χ2v) is 8.78. The number of hydrogen-bond acceptors (Lipinski definition) is 7. The van der Waals surface area contributed by atoms with Gasteiger partial charge in [-0.2, -0.15) is 0 Å². The minimum absolute atomic E-state index is 0.0130. The van der Waals surface area contributed by atoms with Crippen LogP contribution in [-0.4, -0.2) is 52.0 Å². The molecule has 0 N–H and O–H groups in total. The normalized spacial score (nSPS) is 21.8. The molecule has 0 bridgehead atoms. The number of rotatable bonds is 8. The first kappa shape index (κ1) is 24.7. The first-order valence-corrected chi connectivity index (χ1v) is 11.7. The van der Waals surface area contributed by atoms with Gasteiger partial charge in [-0.15, -0.1) is 0 Å². The van der Waals surface area contributed by atoms with Gasteiger partial charge in [-0.05, 0) is 42.7 Å². The number of allylic oxidation sites excluding steroid dienone is 2. The van der Waals surface area contributed by atoms with E-state index in [1.165, 1.54) is 0 Å². The van der Waals surface area contributed by atoms with Crippen LogP contribution in [0.15, 0.2) is 64.8 Å². The van der Waals surface area contributed by atoms with E-state index in [-0.39, 0.29) is 18.3 Å². The maximum Gasteiger partial charge on any atom is 0.315 e. The predicted molar refractivity (Wildman–Crippen MR) is 132 cm³/mol. The maximum atomic E-state index is 13.7. The first-order valence-electron chi connectivity index (χ1n) is 11.7. The minimum atomic E-state index is -0.704. The van der Waals surface area contributed by atoms with Crippen molar-refractivity contribution in [1.29, 1.82) is 0 Å². The third-order valence-corrected chi connectivity index (χ3v) is 6.71. The zero-order valence-corrected chi connectivity index (χ0v) is 20.6. The van der Waals surface area contributed by atoms with Crippen molar-refractivity contribution in [3.05, 3.63) is 70.9 Å². The zero-order chi connectivity index (χ0) is 24.9. The Hall–Kier alpha value is -3.45. The second kappa shape index (κ2) is 10.9. The predicted octanol–water partition coefficient (Wildman–Crippen LogP) is 4.47. The molecule has 2 aromatic carbocycles. The number of carbonyl (C=O) groups excluding carboxylic acids is 2. The van der Waals surface area contributed by atoms with Gasteiger partial charge >= 0.3 is 5.97 Å². The van der Waals surface area contributed by atoms with Crippen molar-refractivity contribution in [3.8, 4) is 11.5 Å². The summed E-state index contributed by atoms with van der Waals surface area (Å²) in [5, 5.41) is 0. The van der Waals surface area contributed by atoms with Gasteiger partial charge in [0, 0.05) is 42.3 Å². The van der Waals surface area contributed by atoms with Crippen LogP contribution in [0.1, 0.15) is 42.7 Å². The van der Waals surface area contributed by atoms with Crippen LogP contribution in [0.4, 0.5) is 0 Å². The molecule has 1 aliphatic carbocycles. The Morgan fingerprint density at radius 3 is 2.54 bits per heavy atom. The fourth-order valence-electron chi connectivity index (χ4n) is 5.10. The largest absolute Gasteiger partial charge is 0.497 e. The molecule has 3 atom stereocenters. The SMILES string of the molecule is COCCOC(=O)C1C(C)=NC2=C(C(=O)CC(c3ccccc3OC)C2)C1c1cccc(OC)c1. The lowest BCUT2D eigenvalue weighted by Gasteiger charge is -2.36. The molecule has 0 spiro atoms. The summed E-state index contributed by atoms with van der Waals surface area (Å²) < 4.78 is 21.5. The number of Topliss-reactive ketones (excluding diaryl/α,β-unsaturated/α-hetero) is 1. The fraction of sp³-hybridized carbons (Fsp3) is 0.393. The zero-order valence-electron chi connectivity index (χ0n) is 20.6. The van der Waals surface area contributed by atoms with Gasteiger partial charge < -0.3 is 18.9 Å². The van der Waals surface area contributed by atoms with Crippen LogP contribution >= 0.6 is 0 Å². The van der Waals surface area contributed by atoms with E-state index >= 15 is 0 Å². The van der Waals surface area contributed by atoms with Crippen molar-refractivity contribution in [2.24, 2.45) is 10.9 Å². The summed E-state index contributed by atoms with van der Waals surface area (Å²) in [5.74, 6) is -0.266. The minimum Gasteiger partial charge on any atom is -0.497 e. The van der Waals surface area contributed by atoms with E-state index in [1.54, 1.807) is 21.3 Å². The Morgan fingerprint density at radius 2 is 1.80 bits per heavy atom. The molecule has 2 aromatic rings. The molecule has 0 saturated carbocycles. The number of ether oxygens (including phenoxy) is 4. The Morgan fingerprint density at radius 1 is 1.00 bits per heavy atom. The van der Waals surface area contributed by atoms with Gasteiger partial charge in [0.15, 0.2) is 5.78 Å². The Kier molecular flexibility index (Phi) is 7.66. The van der Waals surface area contributed by atoms with Crippen LogP contribution in [0.3, 0.4) is 0 Å². The van der Waals surface area contributed by atoms with E-state index < -0.39 is 17.8 Å². The molecule has 4 rings (SSSR count). The molecular formula is C28H31NO6. The Bertz CT molecular complexity index is 1170. The number of hydrogen-bond donors (Lipinski definition) is 0. The average molecular weight is 478 g/mol. The van der Waals surface area contributed by atoms with Crippen LogP contribution in [0.2, 0.25) is 0 Å². The topological polar surface area (TPSA) is 83.4 Å². The van der Waals surface area contributed by atoms with Gasteiger partial charge in [0.25, 0.3) is 0 Å². The Labute approximate surface area is 205 Å². The van der Waals surface area contributed by atoms with Crippen molar-refractivity contribution in [3.63, 3.8) is 0 Å². The molecule has 0 radical (unpaired) electrons. The number of aliphatic imine (C=N–C) groups is 1. The maximum absolute atomic E-state index is 13.7. The number of esters is 1. The van der Waals surface area contributed by atoms with Crippen LogP contribution in [0, 0.1) is 5.92 Å². The molecule has 2 aliphatic rings. The highest BCUT2D eigenvalue weighted by molar-refractivity contribution is 6.09. The molecule has 1 heterocycles. The van der Waals surface area contributed by atoms with Crippen LogP contribution in [0.25, 0.3) is 0 Å². The molecule has 184 valence electrons. The summed E-state index contributed by atoms with van der Waals surface area (Å²) in [4.78, 5) is 31.8. The molecule has 7 nitrogen and oxygen atoms in total. The van der Waals surface area contributed by atoms with Crippen LogP contribution < -0.4 is 9.47 Å². The quantitative estimate of drug-likeness (QED) is 0.412. The van der Waals surface area contributed by atoms with Crippen LogP contribution in [-0.2, 0) is 19.1 Å². The van der Waals surface area contributed by atoms with Crippen molar-refractivity contribution in [1.82, 2.24) is 0 Å². The summed E-state index contributed by atoms with van der Waals surface area (Å²) in [6.07, 6.45) is 0.907. The highest BCUT2D eigenvalue weighted by atomic mass is 16.6.